The number of benzene rings is 1. The van der Waals surface area contributed by atoms with E-state index in [4.69, 9.17) is 5.73 Å². The van der Waals surface area contributed by atoms with Gasteiger partial charge in [-0.3, -0.25) is 0 Å². The largest absolute Gasteiger partial charge is 0.383 e. The molecule has 112 valence electrons. The maximum atomic E-state index is 14.1. The fourth-order valence-corrected chi connectivity index (χ4v) is 2.93. The molecule has 2 N–H and O–H groups in total. The molecule has 1 aliphatic rings. The molecule has 0 radical (unpaired) electrons. The number of halogens is 2. The van der Waals surface area contributed by atoms with E-state index in [1.165, 1.54) is 6.07 Å². The van der Waals surface area contributed by atoms with Crippen molar-refractivity contribution in [3.63, 3.8) is 0 Å². The van der Waals surface area contributed by atoms with Gasteiger partial charge in [-0.15, -0.1) is 0 Å². The predicted octanol–water partition coefficient (Wildman–Crippen LogP) is 4.71. The average molecular weight is 352 g/mol. The average Bonchev–Trinajstić information content (AvgIpc) is 3.25. The van der Waals surface area contributed by atoms with Crippen LogP contribution in [0.2, 0.25) is 0 Å². The number of nitrogens with zero attached hydrogens (tertiary/aromatic N) is 2. The zero-order valence-electron chi connectivity index (χ0n) is 12.1. The third-order valence-electron chi connectivity index (χ3n) is 3.90. The van der Waals surface area contributed by atoms with Crippen LogP contribution < -0.4 is 5.73 Å². The second kappa shape index (κ2) is 5.79. The minimum atomic E-state index is -0.285. The molecule has 0 bridgehead atoms. The first-order valence-electron chi connectivity index (χ1n) is 7.43. The molecular formula is C16H19BrFN3. The van der Waals surface area contributed by atoms with Gasteiger partial charge >= 0.3 is 0 Å². The van der Waals surface area contributed by atoms with Crippen LogP contribution in [0.1, 0.15) is 44.3 Å². The van der Waals surface area contributed by atoms with Crippen molar-refractivity contribution in [1.82, 2.24) is 9.55 Å². The molecule has 0 atom stereocenters. The molecule has 1 heterocycles. The van der Waals surface area contributed by atoms with Gasteiger partial charge < -0.3 is 10.3 Å². The Bertz CT molecular complexity index is 662. The van der Waals surface area contributed by atoms with Crippen molar-refractivity contribution < 1.29 is 4.39 Å². The van der Waals surface area contributed by atoms with Crippen molar-refractivity contribution in [2.45, 2.75) is 45.1 Å². The summed E-state index contributed by atoms with van der Waals surface area (Å²) in [4.78, 5) is 4.67. The summed E-state index contributed by atoms with van der Waals surface area (Å²) in [6.07, 6.45) is 4.47. The lowest BCUT2D eigenvalue weighted by molar-refractivity contribution is 0.609. The summed E-state index contributed by atoms with van der Waals surface area (Å²) in [6, 6.07) is 4.88. The number of hydrogen-bond acceptors (Lipinski definition) is 2. The molecule has 1 aliphatic carbocycles. The van der Waals surface area contributed by atoms with Crippen LogP contribution >= 0.6 is 15.9 Å². The van der Waals surface area contributed by atoms with Crippen LogP contribution in [0, 0.1) is 5.82 Å². The fourth-order valence-electron chi connectivity index (χ4n) is 2.57. The summed E-state index contributed by atoms with van der Waals surface area (Å²) in [7, 11) is 0. The fraction of sp³-hybridized carbons (Fsp3) is 0.438. The van der Waals surface area contributed by atoms with Gasteiger partial charge in [-0.2, -0.15) is 0 Å². The first kappa shape index (κ1) is 14.6. The molecule has 1 saturated carbocycles. The number of unbranched alkanes of at least 4 members (excludes halogenated alkanes) is 1. The lowest BCUT2D eigenvalue weighted by Gasteiger charge is -2.08. The van der Waals surface area contributed by atoms with Crippen LogP contribution in [-0.2, 0) is 6.54 Å². The number of nitrogens with two attached hydrogens (primary N) is 1. The quantitative estimate of drug-likeness (QED) is 0.847. The second-order valence-corrected chi connectivity index (χ2v) is 6.52. The highest BCUT2D eigenvalue weighted by molar-refractivity contribution is 9.10. The van der Waals surface area contributed by atoms with Gasteiger partial charge in [-0.1, -0.05) is 29.3 Å². The Kier molecular flexibility index (Phi) is 4.02. The van der Waals surface area contributed by atoms with Gasteiger partial charge in [0.25, 0.3) is 0 Å². The first-order valence-corrected chi connectivity index (χ1v) is 8.22. The molecule has 1 aromatic carbocycles. The van der Waals surface area contributed by atoms with Crippen molar-refractivity contribution in [2.75, 3.05) is 5.73 Å². The van der Waals surface area contributed by atoms with E-state index < -0.39 is 0 Å². The third-order valence-corrected chi connectivity index (χ3v) is 4.39. The molecule has 2 aromatic rings. The second-order valence-electron chi connectivity index (χ2n) is 5.61. The van der Waals surface area contributed by atoms with E-state index >= 15 is 0 Å². The van der Waals surface area contributed by atoms with E-state index in [-0.39, 0.29) is 5.82 Å². The smallest absolute Gasteiger partial charge is 0.132 e. The zero-order chi connectivity index (χ0) is 15.0. The lowest BCUT2D eigenvalue weighted by Crippen LogP contribution is -2.06. The number of imidazole rings is 1. The van der Waals surface area contributed by atoms with E-state index in [0.717, 1.165) is 42.5 Å². The summed E-state index contributed by atoms with van der Waals surface area (Å²) in [5, 5.41) is 0. The Balaban J connectivity index is 2.08. The Labute approximate surface area is 132 Å². The minimum Gasteiger partial charge on any atom is -0.383 e. The normalized spacial score (nSPS) is 14.6. The van der Waals surface area contributed by atoms with Gasteiger partial charge in [-0.05, 0) is 37.5 Å². The molecular weight excluding hydrogens is 333 g/mol. The van der Waals surface area contributed by atoms with Crippen LogP contribution in [0.3, 0.4) is 0 Å². The first-order chi connectivity index (χ1) is 10.1. The molecule has 0 saturated heterocycles. The van der Waals surface area contributed by atoms with Crippen LogP contribution in [0.4, 0.5) is 10.2 Å². The lowest BCUT2D eigenvalue weighted by atomic mass is 10.1. The van der Waals surface area contributed by atoms with Gasteiger partial charge in [0.05, 0.1) is 0 Å². The van der Waals surface area contributed by atoms with E-state index in [1.807, 2.05) is 0 Å². The van der Waals surface area contributed by atoms with Crippen molar-refractivity contribution in [2.24, 2.45) is 0 Å². The van der Waals surface area contributed by atoms with E-state index in [2.05, 4.69) is 32.4 Å². The summed E-state index contributed by atoms with van der Waals surface area (Å²) < 4.78 is 17.0. The number of aromatic nitrogens is 2. The van der Waals surface area contributed by atoms with Crippen LogP contribution in [-0.4, -0.2) is 9.55 Å². The predicted molar refractivity (Wildman–Crippen MR) is 86.6 cm³/mol. The number of nitrogen functional groups attached to an aromatic ring is 1. The summed E-state index contributed by atoms with van der Waals surface area (Å²) in [6.45, 7) is 3.01. The van der Waals surface area contributed by atoms with Gasteiger partial charge in [0.1, 0.15) is 23.2 Å². The highest BCUT2D eigenvalue weighted by Gasteiger charge is 2.31. The Morgan fingerprint density at radius 3 is 2.86 bits per heavy atom. The van der Waals surface area contributed by atoms with Crippen LogP contribution in [0.15, 0.2) is 22.7 Å². The molecule has 1 aromatic heterocycles. The van der Waals surface area contributed by atoms with Crippen molar-refractivity contribution in [3.8, 4) is 11.3 Å². The molecule has 1 fully saturated rings. The number of anilines is 1. The molecule has 0 unspecified atom stereocenters. The summed E-state index contributed by atoms with van der Waals surface area (Å²) >= 11 is 3.38. The Morgan fingerprint density at radius 1 is 1.43 bits per heavy atom. The molecule has 0 spiro atoms. The summed E-state index contributed by atoms with van der Waals surface area (Å²) in [5.41, 5.74) is 7.33. The SMILES string of the molecule is CCCCn1c(C2CC2)nc(-c2cc(Br)ccc2F)c1N. The molecule has 5 heteroatoms. The standard InChI is InChI=1S/C16H19BrFN3/c1-2-3-8-21-15(19)14(20-16(21)10-4-5-10)12-9-11(17)6-7-13(12)18/h6-7,9-10H,2-5,8,19H2,1H3. The van der Waals surface area contributed by atoms with Crippen molar-refractivity contribution >= 4 is 21.7 Å². The van der Waals surface area contributed by atoms with Crippen molar-refractivity contribution in [1.29, 1.82) is 0 Å². The van der Waals surface area contributed by atoms with Gasteiger partial charge in [-0.25, -0.2) is 9.37 Å². The molecule has 0 aliphatic heterocycles. The van der Waals surface area contributed by atoms with Crippen LogP contribution in [0.5, 0.6) is 0 Å². The number of hydrogen-bond donors (Lipinski definition) is 1. The van der Waals surface area contributed by atoms with Gasteiger partial charge in [0.2, 0.25) is 0 Å². The monoisotopic (exact) mass is 351 g/mol. The summed E-state index contributed by atoms with van der Waals surface area (Å²) in [5.74, 6) is 1.82. The van der Waals surface area contributed by atoms with Crippen LogP contribution in [0.25, 0.3) is 11.3 Å². The van der Waals surface area contributed by atoms with E-state index in [0.29, 0.717) is 23.0 Å². The zero-order valence-corrected chi connectivity index (χ0v) is 13.7. The Hall–Kier alpha value is -1.36. The van der Waals surface area contributed by atoms with E-state index in [9.17, 15) is 4.39 Å². The third kappa shape index (κ3) is 2.84. The van der Waals surface area contributed by atoms with Gasteiger partial charge in [0.15, 0.2) is 0 Å². The number of rotatable bonds is 5. The molecule has 3 rings (SSSR count). The highest BCUT2D eigenvalue weighted by atomic mass is 79.9. The minimum absolute atomic E-state index is 0.285. The van der Waals surface area contributed by atoms with E-state index in [1.54, 1.807) is 12.1 Å². The van der Waals surface area contributed by atoms with Gasteiger partial charge in [0, 0.05) is 22.5 Å². The van der Waals surface area contributed by atoms with Crippen molar-refractivity contribution in [3.05, 3.63) is 34.3 Å². The topological polar surface area (TPSA) is 43.8 Å². The molecule has 21 heavy (non-hydrogen) atoms. The maximum Gasteiger partial charge on any atom is 0.132 e. The molecule has 3 nitrogen and oxygen atoms in total. The maximum absolute atomic E-state index is 14.1. The Morgan fingerprint density at radius 2 is 2.19 bits per heavy atom. The molecule has 0 amide bonds. The highest BCUT2D eigenvalue weighted by Crippen LogP contribution is 2.42.